The Kier molecular flexibility index (Phi) is 6.93. The summed E-state index contributed by atoms with van der Waals surface area (Å²) in [6.07, 6.45) is 0.421. The van der Waals surface area contributed by atoms with Crippen molar-refractivity contribution in [2.45, 2.75) is 31.4 Å². The van der Waals surface area contributed by atoms with E-state index in [1.54, 1.807) is 41.3 Å². The van der Waals surface area contributed by atoms with Crippen molar-refractivity contribution in [3.8, 4) is 22.6 Å². The fourth-order valence-electron chi connectivity index (χ4n) is 5.23. The van der Waals surface area contributed by atoms with Gasteiger partial charge < -0.3 is 20.2 Å². The Morgan fingerprint density at radius 2 is 1.59 bits per heavy atom. The quantitative estimate of drug-likeness (QED) is 0.272. The summed E-state index contributed by atoms with van der Waals surface area (Å²) in [6, 6.07) is 26.9. The van der Waals surface area contributed by atoms with E-state index in [0.717, 1.165) is 16.8 Å². The van der Waals surface area contributed by atoms with E-state index in [1.165, 1.54) is 12.1 Å². The monoisotopic (exact) mass is 497 g/mol. The lowest BCUT2D eigenvalue weighted by Gasteiger charge is -2.30. The number of halogens is 1. The highest BCUT2D eigenvalue weighted by Gasteiger charge is 2.42. The molecule has 1 saturated heterocycles. The van der Waals surface area contributed by atoms with Crippen LogP contribution in [0.25, 0.3) is 11.1 Å². The van der Waals surface area contributed by atoms with Crippen LogP contribution in [-0.2, 0) is 4.79 Å². The Morgan fingerprint density at radius 1 is 0.865 bits per heavy atom. The van der Waals surface area contributed by atoms with Crippen LogP contribution in [0, 0.1) is 11.7 Å². The third-order valence-corrected chi connectivity index (χ3v) is 7.06. The molecule has 6 heteroatoms. The van der Waals surface area contributed by atoms with E-state index in [4.69, 9.17) is 0 Å². The van der Waals surface area contributed by atoms with Crippen LogP contribution >= 0.6 is 0 Å². The molecule has 0 aliphatic carbocycles. The Bertz CT molecular complexity index is 1390. The molecule has 5 nitrogen and oxygen atoms in total. The fourth-order valence-corrected chi connectivity index (χ4v) is 5.23. The number of rotatable bonds is 7. The molecule has 37 heavy (non-hydrogen) atoms. The van der Waals surface area contributed by atoms with Crippen LogP contribution in [0.15, 0.2) is 97.1 Å². The van der Waals surface area contributed by atoms with Gasteiger partial charge in [0.15, 0.2) is 0 Å². The number of anilines is 1. The first kappa shape index (κ1) is 24.5. The molecule has 0 aromatic heterocycles. The first-order chi connectivity index (χ1) is 17.9. The topological polar surface area (TPSA) is 81.0 Å². The molecule has 3 atom stereocenters. The highest BCUT2D eigenvalue weighted by atomic mass is 19.1. The van der Waals surface area contributed by atoms with Crippen LogP contribution in [0.1, 0.15) is 42.5 Å². The van der Waals surface area contributed by atoms with E-state index < -0.39 is 12.1 Å². The summed E-state index contributed by atoms with van der Waals surface area (Å²) in [5.74, 6) is -0.363. The maximum atomic E-state index is 13.3. The zero-order chi connectivity index (χ0) is 25.9. The lowest BCUT2D eigenvalue weighted by molar-refractivity contribution is -0.117. The molecule has 0 bridgehead atoms. The van der Waals surface area contributed by atoms with Crippen LogP contribution in [0.3, 0.4) is 0 Å². The predicted octanol–water partition coefficient (Wildman–Crippen LogP) is 6.51. The molecule has 3 N–H and O–H groups in total. The lowest BCUT2D eigenvalue weighted by Crippen LogP contribution is -2.29. The number of carbonyl (C=O) groups is 1. The molecule has 3 unspecified atom stereocenters. The van der Waals surface area contributed by atoms with Crippen molar-refractivity contribution in [2.24, 2.45) is 5.92 Å². The number of hydrogen-bond donors (Lipinski definition) is 3. The normalized spacial score (nSPS) is 18.2. The van der Waals surface area contributed by atoms with Gasteiger partial charge in [-0.3, -0.25) is 4.79 Å². The second-order valence-corrected chi connectivity index (χ2v) is 9.48. The average Bonchev–Trinajstić information content (AvgIpc) is 3.23. The van der Waals surface area contributed by atoms with Gasteiger partial charge in [0.1, 0.15) is 17.3 Å². The molecule has 1 fully saturated rings. The van der Waals surface area contributed by atoms with Crippen molar-refractivity contribution in [1.29, 1.82) is 0 Å². The Morgan fingerprint density at radius 3 is 2.30 bits per heavy atom. The number of phenolic OH excluding ortho intramolecular Hbond substituents is 2. The predicted molar refractivity (Wildman–Crippen MR) is 141 cm³/mol. The largest absolute Gasteiger partial charge is 0.508 e. The number of aromatic hydroxyl groups is 2. The number of hydrogen-bond acceptors (Lipinski definition) is 4. The minimum atomic E-state index is -0.788. The molecule has 1 aliphatic heterocycles. The summed E-state index contributed by atoms with van der Waals surface area (Å²) in [4.78, 5) is 15.0. The molecular formula is C31H28FNO4. The molecule has 1 heterocycles. The highest BCUT2D eigenvalue weighted by molar-refractivity contribution is 5.97. The smallest absolute Gasteiger partial charge is 0.227 e. The van der Waals surface area contributed by atoms with Crippen molar-refractivity contribution >= 4 is 11.6 Å². The number of phenols is 2. The van der Waals surface area contributed by atoms with Crippen LogP contribution in [0.2, 0.25) is 0 Å². The highest BCUT2D eigenvalue weighted by Crippen LogP contribution is 2.47. The minimum absolute atomic E-state index is 0.0473. The second kappa shape index (κ2) is 10.4. The van der Waals surface area contributed by atoms with Crippen LogP contribution in [0.5, 0.6) is 11.5 Å². The van der Waals surface area contributed by atoms with Crippen molar-refractivity contribution < 1.29 is 24.5 Å². The first-order valence-electron chi connectivity index (χ1n) is 12.3. The summed E-state index contributed by atoms with van der Waals surface area (Å²) in [7, 11) is 0. The summed E-state index contributed by atoms with van der Waals surface area (Å²) < 4.78 is 13.3. The van der Waals surface area contributed by atoms with Gasteiger partial charge in [-0.2, -0.15) is 0 Å². The molecule has 1 aliphatic rings. The molecule has 4 aromatic carbocycles. The molecule has 0 spiro atoms. The number of aliphatic hydroxyl groups excluding tert-OH is 1. The van der Waals surface area contributed by atoms with E-state index in [1.807, 2.05) is 48.5 Å². The van der Waals surface area contributed by atoms with Gasteiger partial charge in [-0.1, -0.05) is 54.6 Å². The summed E-state index contributed by atoms with van der Waals surface area (Å²) in [6.45, 7) is 0. The Balaban J connectivity index is 1.46. The Hall–Kier alpha value is -4.16. The SMILES string of the molecule is O=C1CC(CCC(O)c2ccc(F)cc2)C(c2ccc(-c3cccc(O)c3)cc2O)N1c1ccccc1. The van der Waals surface area contributed by atoms with Gasteiger partial charge in [0.2, 0.25) is 5.91 Å². The van der Waals surface area contributed by atoms with Crippen LogP contribution < -0.4 is 4.90 Å². The fraction of sp³-hybridized carbons (Fsp3) is 0.194. The van der Waals surface area contributed by atoms with E-state index >= 15 is 0 Å². The van der Waals surface area contributed by atoms with Crippen molar-refractivity contribution in [3.63, 3.8) is 0 Å². The minimum Gasteiger partial charge on any atom is -0.508 e. The van der Waals surface area contributed by atoms with Gasteiger partial charge >= 0.3 is 0 Å². The molecule has 5 rings (SSSR count). The number of benzene rings is 4. The number of aliphatic hydroxyl groups is 1. The van der Waals surface area contributed by atoms with E-state index in [0.29, 0.717) is 24.0 Å². The van der Waals surface area contributed by atoms with E-state index in [2.05, 4.69) is 0 Å². The van der Waals surface area contributed by atoms with E-state index in [9.17, 15) is 24.5 Å². The Labute approximate surface area is 215 Å². The molecule has 0 radical (unpaired) electrons. The van der Waals surface area contributed by atoms with Gasteiger partial charge in [-0.25, -0.2) is 4.39 Å². The zero-order valence-electron chi connectivity index (χ0n) is 20.2. The van der Waals surface area contributed by atoms with Gasteiger partial charge in [-0.05, 0) is 77.9 Å². The van der Waals surface area contributed by atoms with Crippen molar-refractivity contribution in [2.75, 3.05) is 4.90 Å². The van der Waals surface area contributed by atoms with Crippen LogP contribution in [-0.4, -0.2) is 21.2 Å². The number of carbonyl (C=O) groups excluding carboxylic acids is 1. The third kappa shape index (κ3) is 5.20. The maximum Gasteiger partial charge on any atom is 0.227 e. The maximum absolute atomic E-state index is 13.3. The van der Waals surface area contributed by atoms with Crippen molar-refractivity contribution in [1.82, 2.24) is 0 Å². The molecule has 0 saturated carbocycles. The number of amides is 1. The summed E-state index contributed by atoms with van der Waals surface area (Å²) in [5.41, 5.74) is 3.51. The zero-order valence-corrected chi connectivity index (χ0v) is 20.2. The molecule has 188 valence electrons. The second-order valence-electron chi connectivity index (χ2n) is 9.48. The van der Waals surface area contributed by atoms with Gasteiger partial charge in [-0.15, -0.1) is 0 Å². The third-order valence-electron chi connectivity index (χ3n) is 7.06. The van der Waals surface area contributed by atoms with Gasteiger partial charge in [0.05, 0.1) is 12.1 Å². The average molecular weight is 498 g/mol. The molecule has 4 aromatic rings. The standard InChI is InChI=1S/C31H28FNO4/c32-24-13-9-20(10-14-24)28(35)16-12-23-19-30(37)33(25-6-2-1-3-7-25)31(23)27-15-11-22(18-29(27)36)21-5-4-8-26(34)17-21/h1-11,13-15,17-18,23,28,31,34-36H,12,16,19H2. The van der Waals surface area contributed by atoms with Crippen molar-refractivity contribution in [3.05, 3.63) is 114 Å². The van der Waals surface area contributed by atoms with E-state index in [-0.39, 0.29) is 35.6 Å². The lowest BCUT2D eigenvalue weighted by atomic mass is 9.86. The summed E-state index contributed by atoms with van der Waals surface area (Å²) >= 11 is 0. The van der Waals surface area contributed by atoms with Gasteiger partial charge in [0, 0.05) is 17.7 Å². The summed E-state index contributed by atoms with van der Waals surface area (Å²) in [5, 5.41) is 31.7. The molecule has 1 amide bonds. The molecular weight excluding hydrogens is 469 g/mol. The number of para-hydroxylation sites is 1. The van der Waals surface area contributed by atoms with Gasteiger partial charge in [0.25, 0.3) is 0 Å². The number of nitrogens with zero attached hydrogens (tertiary/aromatic N) is 1. The van der Waals surface area contributed by atoms with Crippen LogP contribution in [0.4, 0.5) is 10.1 Å². The first-order valence-corrected chi connectivity index (χ1v) is 12.3.